The molecule has 0 aromatic heterocycles. The SMILES string of the molecule is O=C(CN1C(=O)COc2ccccc21)NCC1(c2ccc(Cl)cc2Cl)CCOCC1. The summed E-state index contributed by atoms with van der Waals surface area (Å²) >= 11 is 12.6. The summed E-state index contributed by atoms with van der Waals surface area (Å²) in [5, 5.41) is 4.16. The average Bonchev–Trinajstić information content (AvgIpc) is 2.75. The minimum atomic E-state index is -0.345. The molecule has 0 aliphatic carbocycles. The zero-order valence-corrected chi connectivity index (χ0v) is 17.8. The van der Waals surface area contributed by atoms with Crippen LogP contribution in [0.25, 0.3) is 0 Å². The van der Waals surface area contributed by atoms with Crippen LogP contribution in [0.5, 0.6) is 5.75 Å². The van der Waals surface area contributed by atoms with E-state index in [1.807, 2.05) is 24.3 Å². The van der Waals surface area contributed by atoms with Gasteiger partial charge in [-0.05, 0) is 42.7 Å². The summed E-state index contributed by atoms with van der Waals surface area (Å²) in [6.07, 6.45) is 1.46. The first-order chi connectivity index (χ1) is 14.5. The number of anilines is 1. The Morgan fingerprint density at radius 1 is 1.13 bits per heavy atom. The molecule has 2 amide bonds. The van der Waals surface area contributed by atoms with Crippen molar-refractivity contribution in [1.29, 1.82) is 0 Å². The van der Waals surface area contributed by atoms with Gasteiger partial charge in [-0.1, -0.05) is 41.4 Å². The Labute approximate surface area is 185 Å². The minimum Gasteiger partial charge on any atom is -0.482 e. The van der Waals surface area contributed by atoms with Gasteiger partial charge in [-0.25, -0.2) is 0 Å². The first-order valence-electron chi connectivity index (χ1n) is 9.81. The highest BCUT2D eigenvalue weighted by Gasteiger charge is 2.37. The van der Waals surface area contributed by atoms with Gasteiger partial charge < -0.3 is 14.8 Å². The molecule has 2 aromatic carbocycles. The lowest BCUT2D eigenvalue weighted by Crippen LogP contribution is -2.49. The van der Waals surface area contributed by atoms with Gasteiger partial charge in [-0.3, -0.25) is 14.5 Å². The number of fused-ring (bicyclic) bond motifs is 1. The monoisotopic (exact) mass is 448 g/mol. The van der Waals surface area contributed by atoms with Crippen LogP contribution < -0.4 is 15.0 Å². The maximum absolute atomic E-state index is 12.8. The summed E-state index contributed by atoms with van der Waals surface area (Å²) in [5.41, 5.74) is 1.21. The molecule has 1 saturated heterocycles. The van der Waals surface area contributed by atoms with Crippen LogP contribution in [0.15, 0.2) is 42.5 Å². The molecule has 158 valence electrons. The largest absolute Gasteiger partial charge is 0.482 e. The molecule has 2 aliphatic rings. The van der Waals surface area contributed by atoms with E-state index in [1.165, 1.54) is 4.90 Å². The van der Waals surface area contributed by atoms with Crippen molar-refractivity contribution in [2.75, 3.05) is 37.8 Å². The zero-order chi connectivity index (χ0) is 21.1. The van der Waals surface area contributed by atoms with Crippen molar-refractivity contribution in [3.05, 3.63) is 58.1 Å². The van der Waals surface area contributed by atoms with E-state index in [-0.39, 0.29) is 30.4 Å². The van der Waals surface area contributed by atoms with Crippen molar-refractivity contribution >= 4 is 40.7 Å². The number of hydrogen-bond donors (Lipinski definition) is 1. The van der Waals surface area contributed by atoms with E-state index in [1.54, 1.807) is 18.2 Å². The molecule has 30 heavy (non-hydrogen) atoms. The van der Waals surface area contributed by atoms with Crippen LogP contribution in [0.3, 0.4) is 0 Å². The Morgan fingerprint density at radius 3 is 2.67 bits per heavy atom. The smallest absolute Gasteiger partial charge is 0.265 e. The highest BCUT2D eigenvalue weighted by molar-refractivity contribution is 6.35. The lowest BCUT2D eigenvalue weighted by atomic mass is 9.74. The standard InChI is InChI=1S/C22H22Cl2N2O4/c23-15-5-6-16(17(24)11-15)22(7-9-29-10-8-22)14-25-20(27)12-26-18-3-1-2-4-19(18)30-13-21(26)28/h1-6,11H,7-10,12-14H2,(H,25,27). The second kappa shape index (κ2) is 8.84. The van der Waals surface area contributed by atoms with Crippen molar-refractivity contribution in [2.24, 2.45) is 0 Å². The number of rotatable bonds is 5. The quantitative estimate of drug-likeness (QED) is 0.758. The number of para-hydroxylation sites is 2. The van der Waals surface area contributed by atoms with Gasteiger partial charge in [-0.2, -0.15) is 0 Å². The summed E-state index contributed by atoms with van der Waals surface area (Å²) in [6.45, 7) is 1.43. The van der Waals surface area contributed by atoms with Gasteiger partial charge in [0.2, 0.25) is 5.91 Å². The molecule has 0 spiro atoms. The number of benzene rings is 2. The van der Waals surface area contributed by atoms with Crippen LogP contribution in [0.4, 0.5) is 5.69 Å². The van der Waals surface area contributed by atoms with E-state index in [4.69, 9.17) is 32.7 Å². The molecule has 0 atom stereocenters. The molecule has 2 aromatic rings. The Kier molecular flexibility index (Phi) is 6.18. The zero-order valence-electron chi connectivity index (χ0n) is 16.3. The van der Waals surface area contributed by atoms with Crippen LogP contribution in [-0.2, 0) is 19.7 Å². The predicted octanol–water partition coefficient (Wildman–Crippen LogP) is 3.58. The molecular formula is C22H22Cl2N2O4. The molecule has 0 saturated carbocycles. The summed E-state index contributed by atoms with van der Waals surface area (Å²) in [5.74, 6) is 0.111. The van der Waals surface area contributed by atoms with Crippen LogP contribution in [0.2, 0.25) is 10.0 Å². The van der Waals surface area contributed by atoms with Gasteiger partial charge >= 0.3 is 0 Å². The fourth-order valence-corrected chi connectivity index (χ4v) is 4.63. The van der Waals surface area contributed by atoms with Crippen LogP contribution in [0.1, 0.15) is 18.4 Å². The van der Waals surface area contributed by atoms with Crippen LogP contribution in [-0.4, -0.2) is 44.7 Å². The number of hydrogen-bond acceptors (Lipinski definition) is 4. The van der Waals surface area contributed by atoms with E-state index in [0.717, 1.165) is 18.4 Å². The van der Waals surface area contributed by atoms with Crippen LogP contribution >= 0.6 is 23.2 Å². The third kappa shape index (κ3) is 4.26. The first kappa shape index (κ1) is 21.0. The molecule has 4 rings (SSSR count). The molecule has 6 nitrogen and oxygen atoms in total. The fourth-order valence-electron chi connectivity index (χ4n) is 4.02. The Balaban J connectivity index is 1.49. The lowest BCUT2D eigenvalue weighted by molar-refractivity contribution is -0.125. The molecule has 1 N–H and O–H groups in total. The second-order valence-corrected chi connectivity index (χ2v) is 8.37. The number of carbonyl (C=O) groups excluding carboxylic acids is 2. The van der Waals surface area contributed by atoms with Gasteiger partial charge in [0.15, 0.2) is 6.61 Å². The number of carbonyl (C=O) groups is 2. The predicted molar refractivity (Wildman–Crippen MR) is 115 cm³/mol. The van der Waals surface area contributed by atoms with Gasteiger partial charge in [-0.15, -0.1) is 0 Å². The van der Waals surface area contributed by atoms with Gasteiger partial charge in [0, 0.05) is 35.2 Å². The van der Waals surface area contributed by atoms with Crippen molar-refractivity contribution in [2.45, 2.75) is 18.3 Å². The molecule has 2 aliphatic heterocycles. The summed E-state index contributed by atoms with van der Waals surface area (Å²) in [7, 11) is 0. The number of ether oxygens (including phenoxy) is 2. The highest BCUT2D eigenvalue weighted by Crippen LogP contribution is 2.39. The topological polar surface area (TPSA) is 67.9 Å². The summed E-state index contributed by atoms with van der Waals surface area (Å²) in [4.78, 5) is 26.6. The van der Waals surface area contributed by atoms with Crippen molar-refractivity contribution in [3.63, 3.8) is 0 Å². The van der Waals surface area contributed by atoms with Gasteiger partial charge in [0.25, 0.3) is 5.91 Å². The number of amides is 2. The number of nitrogens with zero attached hydrogens (tertiary/aromatic N) is 1. The molecule has 2 heterocycles. The molecule has 0 bridgehead atoms. The molecule has 1 fully saturated rings. The van der Waals surface area contributed by atoms with E-state index in [9.17, 15) is 9.59 Å². The van der Waals surface area contributed by atoms with Gasteiger partial charge in [0.1, 0.15) is 12.3 Å². The first-order valence-corrected chi connectivity index (χ1v) is 10.6. The maximum Gasteiger partial charge on any atom is 0.265 e. The third-order valence-electron chi connectivity index (χ3n) is 5.69. The minimum absolute atomic E-state index is 0.0693. The normalized spacial score (nSPS) is 17.8. The van der Waals surface area contributed by atoms with E-state index in [0.29, 0.717) is 41.2 Å². The van der Waals surface area contributed by atoms with Gasteiger partial charge in [0.05, 0.1) is 5.69 Å². The van der Waals surface area contributed by atoms with E-state index in [2.05, 4.69) is 5.32 Å². The number of nitrogens with one attached hydrogen (secondary N) is 1. The highest BCUT2D eigenvalue weighted by atomic mass is 35.5. The summed E-state index contributed by atoms with van der Waals surface area (Å²) < 4.78 is 11.0. The Hall–Kier alpha value is -2.28. The number of halogens is 2. The molecule has 8 heteroatoms. The van der Waals surface area contributed by atoms with Crippen LogP contribution in [0, 0.1) is 0 Å². The molecular weight excluding hydrogens is 427 g/mol. The van der Waals surface area contributed by atoms with Crippen molar-refractivity contribution < 1.29 is 19.1 Å². The lowest BCUT2D eigenvalue weighted by Gasteiger charge is -2.38. The fraction of sp³-hybridized carbons (Fsp3) is 0.364. The summed E-state index contributed by atoms with van der Waals surface area (Å²) in [6, 6.07) is 12.7. The maximum atomic E-state index is 12.8. The van der Waals surface area contributed by atoms with Crippen molar-refractivity contribution in [3.8, 4) is 5.75 Å². The van der Waals surface area contributed by atoms with Crippen molar-refractivity contribution in [1.82, 2.24) is 5.32 Å². The molecule has 0 unspecified atom stereocenters. The average molecular weight is 449 g/mol. The Bertz CT molecular complexity index is 960. The van der Waals surface area contributed by atoms with E-state index >= 15 is 0 Å². The molecule has 0 radical (unpaired) electrons. The van der Waals surface area contributed by atoms with E-state index < -0.39 is 0 Å². The Morgan fingerprint density at radius 2 is 1.90 bits per heavy atom. The third-order valence-corrected chi connectivity index (χ3v) is 6.23. The second-order valence-electron chi connectivity index (χ2n) is 7.53.